The Morgan fingerprint density at radius 3 is 2.17 bits per heavy atom. The Morgan fingerprint density at radius 2 is 1.62 bits per heavy atom. The number of amides is 2. The van der Waals surface area contributed by atoms with Crippen LogP contribution in [0.3, 0.4) is 0 Å². The van der Waals surface area contributed by atoms with Crippen molar-refractivity contribution in [1.29, 1.82) is 0 Å². The van der Waals surface area contributed by atoms with Crippen molar-refractivity contribution in [1.82, 2.24) is 5.01 Å². The van der Waals surface area contributed by atoms with E-state index >= 15 is 0 Å². The fourth-order valence-electron chi connectivity index (χ4n) is 4.28. The molecule has 0 saturated heterocycles. The molecule has 2 amide bonds. The summed E-state index contributed by atoms with van der Waals surface area (Å²) in [4.78, 5) is 26.9. The summed E-state index contributed by atoms with van der Waals surface area (Å²) in [6.07, 6.45) is -9.67. The Labute approximate surface area is 244 Å². The van der Waals surface area contributed by atoms with Crippen LogP contribution in [0.2, 0.25) is 10.0 Å². The fraction of sp³-hybridized carbons (Fsp3) is 0.222. The summed E-state index contributed by atoms with van der Waals surface area (Å²) in [5.74, 6) is -1.38. The topological polar surface area (TPSA) is 80.2 Å². The van der Waals surface area contributed by atoms with Crippen LogP contribution in [0.15, 0.2) is 71.8 Å². The van der Waals surface area contributed by atoms with E-state index < -0.39 is 52.8 Å². The van der Waals surface area contributed by atoms with Gasteiger partial charge in [0.1, 0.15) is 5.75 Å². The zero-order valence-corrected chi connectivity index (χ0v) is 22.8. The van der Waals surface area contributed by atoms with Crippen LogP contribution in [0, 0.1) is 0 Å². The number of hydrazone groups is 1. The number of carbonyl (C=O) groups excluding carboxylic acids is 2. The summed E-state index contributed by atoms with van der Waals surface area (Å²) in [5, 5.41) is 7.26. The highest BCUT2D eigenvalue weighted by Crippen LogP contribution is 2.40. The molecule has 0 radical (unpaired) electrons. The van der Waals surface area contributed by atoms with Crippen LogP contribution in [0.4, 0.5) is 36.8 Å². The summed E-state index contributed by atoms with van der Waals surface area (Å²) in [6.45, 7) is 1.02. The Morgan fingerprint density at radius 1 is 0.976 bits per heavy atom. The predicted molar refractivity (Wildman–Crippen MR) is 142 cm³/mol. The minimum absolute atomic E-state index is 0.0000413. The van der Waals surface area contributed by atoms with Gasteiger partial charge in [-0.05, 0) is 61.0 Å². The molecule has 1 atom stereocenters. The SMILES string of the molecule is CCOC(=O)C1(c2ccc(Cl)cc2)CN(C(=O)Nc2ccc(OC(F)(F)F)cc2)N=C1c1ccc(C(F)(F)F)c(Cl)c1. The van der Waals surface area contributed by atoms with Gasteiger partial charge < -0.3 is 14.8 Å². The van der Waals surface area contributed by atoms with Gasteiger partial charge in [0, 0.05) is 16.3 Å². The molecule has 0 fully saturated rings. The quantitative estimate of drug-likeness (QED) is 0.223. The summed E-state index contributed by atoms with van der Waals surface area (Å²) >= 11 is 12.0. The molecule has 0 spiro atoms. The van der Waals surface area contributed by atoms with E-state index in [2.05, 4.69) is 15.2 Å². The van der Waals surface area contributed by atoms with Gasteiger partial charge in [0.2, 0.25) is 0 Å². The molecule has 0 bridgehead atoms. The number of halogens is 8. The Balaban J connectivity index is 1.77. The Kier molecular flexibility index (Phi) is 8.65. The van der Waals surface area contributed by atoms with Crippen molar-refractivity contribution in [2.75, 3.05) is 18.5 Å². The average Bonchev–Trinajstić information content (AvgIpc) is 3.31. The Bertz CT molecular complexity index is 1510. The van der Waals surface area contributed by atoms with Gasteiger partial charge in [0.25, 0.3) is 0 Å². The van der Waals surface area contributed by atoms with Crippen LogP contribution in [0.1, 0.15) is 23.6 Å². The molecule has 15 heteroatoms. The summed E-state index contributed by atoms with van der Waals surface area (Å²) < 4.78 is 86.8. The van der Waals surface area contributed by atoms with Gasteiger partial charge in [0.15, 0.2) is 5.41 Å². The van der Waals surface area contributed by atoms with Crippen molar-refractivity contribution >= 4 is 46.6 Å². The first-order chi connectivity index (χ1) is 19.6. The normalized spacial score (nSPS) is 17.1. The number of benzene rings is 3. The first-order valence-corrected chi connectivity index (χ1v) is 12.7. The molecule has 7 nitrogen and oxygen atoms in total. The number of anilines is 1. The lowest BCUT2D eigenvalue weighted by atomic mass is 9.74. The molecule has 3 aromatic carbocycles. The van der Waals surface area contributed by atoms with Gasteiger partial charge in [-0.15, -0.1) is 13.2 Å². The number of urea groups is 1. The molecule has 0 aromatic heterocycles. The van der Waals surface area contributed by atoms with Gasteiger partial charge in [-0.2, -0.15) is 18.3 Å². The van der Waals surface area contributed by atoms with E-state index in [-0.39, 0.29) is 29.1 Å². The van der Waals surface area contributed by atoms with Gasteiger partial charge in [-0.3, -0.25) is 4.79 Å². The van der Waals surface area contributed by atoms with Crippen LogP contribution in [-0.4, -0.2) is 42.2 Å². The van der Waals surface area contributed by atoms with E-state index in [4.69, 9.17) is 27.9 Å². The van der Waals surface area contributed by atoms with Crippen LogP contribution in [0.5, 0.6) is 5.75 Å². The molecule has 1 aliphatic rings. The summed E-state index contributed by atoms with van der Waals surface area (Å²) in [6, 6.07) is 12.0. The maximum absolute atomic E-state index is 13.6. The number of nitrogens with one attached hydrogen (secondary N) is 1. The molecule has 1 aliphatic heterocycles. The van der Waals surface area contributed by atoms with Crippen molar-refractivity contribution in [3.63, 3.8) is 0 Å². The van der Waals surface area contributed by atoms with Crippen LogP contribution in [0.25, 0.3) is 0 Å². The number of alkyl halides is 6. The standard InChI is InChI=1S/C27H19Cl2F6N3O4/c1-2-41-23(39)25(16-4-6-17(28)7-5-16)14-38(24(40)36-18-8-10-19(11-9-18)42-27(33,34)35)37-22(25)15-3-12-20(21(29)13-15)26(30,31)32/h3-13H,2,14H2,1H3,(H,36,40). The first-order valence-electron chi connectivity index (χ1n) is 12.0. The fourth-order valence-corrected chi connectivity index (χ4v) is 4.69. The third-order valence-electron chi connectivity index (χ3n) is 6.09. The zero-order valence-electron chi connectivity index (χ0n) is 21.3. The minimum Gasteiger partial charge on any atom is -0.465 e. The molecule has 4 rings (SSSR count). The molecule has 0 aliphatic carbocycles. The molecule has 1 N–H and O–H groups in total. The van der Waals surface area contributed by atoms with Crippen molar-refractivity contribution in [3.8, 4) is 5.75 Å². The maximum atomic E-state index is 13.6. The van der Waals surface area contributed by atoms with E-state index in [1.54, 1.807) is 6.92 Å². The van der Waals surface area contributed by atoms with Crippen molar-refractivity contribution in [2.24, 2.45) is 5.10 Å². The number of esters is 1. The monoisotopic (exact) mass is 633 g/mol. The molecule has 3 aromatic rings. The molecule has 1 heterocycles. The summed E-state index contributed by atoms with van der Waals surface area (Å²) in [7, 11) is 0. The number of nitrogens with zero attached hydrogens (tertiary/aromatic N) is 2. The number of carbonyl (C=O) groups is 2. The highest BCUT2D eigenvalue weighted by atomic mass is 35.5. The van der Waals surface area contributed by atoms with Gasteiger partial charge in [0.05, 0.1) is 29.4 Å². The van der Waals surface area contributed by atoms with Crippen molar-refractivity contribution in [3.05, 3.63) is 93.5 Å². The second-order valence-corrected chi connectivity index (χ2v) is 9.68. The van der Waals surface area contributed by atoms with Crippen molar-refractivity contribution < 1.29 is 45.4 Å². The number of hydrogen-bond acceptors (Lipinski definition) is 5. The van der Waals surface area contributed by atoms with E-state index in [1.165, 1.54) is 24.3 Å². The summed E-state index contributed by atoms with van der Waals surface area (Å²) in [5.41, 5.74) is -2.76. The highest BCUT2D eigenvalue weighted by Gasteiger charge is 2.54. The molecule has 42 heavy (non-hydrogen) atoms. The predicted octanol–water partition coefficient (Wildman–Crippen LogP) is 7.66. The minimum atomic E-state index is -4.91. The number of hydrogen-bond donors (Lipinski definition) is 1. The second kappa shape index (κ2) is 11.7. The van der Waals surface area contributed by atoms with Crippen LogP contribution in [-0.2, 0) is 21.1 Å². The number of rotatable bonds is 6. The van der Waals surface area contributed by atoms with Gasteiger partial charge >= 0.3 is 24.5 Å². The lowest BCUT2D eigenvalue weighted by Gasteiger charge is -2.29. The van der Waals surface area contributed by atoms with E-state index in [9.17, 15) is 35.9 Å². The van der Waals surface area contributed by atoms with E-state index in [0.717, 1.165) is 47.5 Å². The molecule has 1 unspecified atom stereocenters. The smallest absolute Gasteiger partial charge is 0.465 e. The van der Waals surface area contributed by atoms with Gasteiger partial charge in [-0.25, -0.2) is 9.80 Å². The number of ether oxygens (including phenoxy) is 2. The molecular weight excluding hydrogens is 615 g/mol. The lowest BCUT2D eigenvalue weighted by molar-refractivity contribution is -0.274. The molecular formula is C27H19Cl2F6N3O4. The third kappa shape index (κ3) is 6.57. The van der Waals surface area contributed by atoms with E-state index in [1.807, 2.05) is 0 Å². The van der Waals surface area contributed by atoms with Crippen molar-refractivity contribution in [2.45, 2.75) is 24.9 Å². The van der Waals surface area contributed by atoms with Crippen LogP contribution >= 0.6 is 23.2 Å². The molecule has 0 saturated carbocycles. The van der Waals surface area contributed by atoms with Gasteiger partial charge in [-0.1, -0.05) is 41.4 Å². The highest BCUT2D eigenvalue weighted by molar-refractivity contribution is 6.32. The van der Waals surface area contributed by atoms with Crippen LogP contribution < -0.4 is 10.1 Å². The largest absolute Gasteiger partial charge is 0.573 e. The second-order valence-electron chi connectivity index (χ2n) is 8.83. The lowest BCUT2D eigenvalue weighted by Crippen LogP contribution is -2.48. The average molecular weight is 634 g/mol. The third-order valence-corrected chi connectivity index (χ3v) is 6.66. The Hall–Kier alpha value is -3.97. The first kappa shape index (κ1) is 31.0. The molecule has 222 valence electrons. The van der Waals surface area contributed by atoms with E-state index in [0.29, 0.717) is 5.02 Å². The maximum Gasteiger partial charge on any atom is 0.573 e. The zero-order chi connectivity index (χ0) is 30.9.